The number of rotatable bonds is 3. The van der Waals surface area contributed by atoms with Crippen LogP contribution in [-0.4, -0.2) is 30.2 Å². The van der Waals surface area contributed by atoms with Crippen LogP contribution in [0.25, 0.3) is 0 Å². The lowest BCUT2D eigenvalue weighted by Gasteiger charge is -2.25. The Hall–Kier alpha value is -1.06. The number of aryl methyl sites for hydroxylation is 1. The van der Waals surface area contributed by atoms with Crippen LogP contribution in [-0.2, 0) is 0 Å². The van der Waals surface area contributed by atoms with Crippen LogP contribution >= 0.6 is 11.6 Å². The molecular weight excluding hydrogens is 246 g/mol. The summed E-state index contributed by atoms with van der Waals surface area (Å²) >= 11 is 6.08. The number of nitrogens with zero attached hydrogens (tertiary/aromatic N) is 2. The molecule has 0 aliphatic carbocycles. The fraction of sp³-hybridized carbons (Fsp3) is 0.500. The summed E-state index contributed by atoms with van der Waals surface area (Å²) in [5, 5.41) is 5.25. The van der Waals surface area contributed by atoms with E-state index in [1.807, 2.05) is 25.1 Å². The van der Waals surface area contributed by atoms with Gasteiger partial charge in [0.15, 0.2) is 0 Å². The molecule has 0 bridgehead atoms. The Morgan fingerprint density at radius 2 is 2.06 bits per heavy atom. The molecule has 0 spiro atoms. The molecule has 1 fully saturated rings. The van der Waals surface area contributed by atoms with Gasteiger partial charge < -0.3 is 4.90 Å². The van der Waals surface area contributed by atoms with Crippen molar-refractivity contribution in [3.05, 3.63) is 28.8 Å². The van der Waals surface area contributed by atoms with E-state index < -0.39 is 0 Å². The standard InChI is InChI=1S/C14H20ClN3/c1-3-18-8-6-12(7-9-18)16-17-13-5-4-11(2)14(15)10-13/h4-5,10,17H,3,6-9H2,1-2H3. The molecule has 0 aromatic heterocycles. The molecule has 1 saturated heterocycles. The van der Waals surface area contributed by atoms with Gasteiger partial charge >= 0.3 is 0 Å². The molecule has 1 aromatic carbocycles. The second-order valence-corrected chi connectivity index (χ2v) is 5.10. The summed E-state index contributed by atoms with van der Waals surface area (Å²) in [5.41, 5.74) is 6.39. The third kappa shape index (κ3) is 3.47. The zero-order chi connectivity index (χ0) is 13.0. The largest absolute Gasteiger partial charge is 0.303 e. The van der Waals surface area contributed by atoms with Crippen LogP contribution in [0.4, 0.5) is 5.69 Å². The number of nitrogens with one attached hydrogen (secondary N) is 1. The van der Waals surface area contributed by atoms with Gasteiger partial charge in [-0.3, -0.25) is 5.43 Å². The minimum atomic E-state index is 0.779. The zero-order valence-electron chi connectivity index (χ0n) is 11.0. The predicted octanol–water partition coefficient (Wildman–Crippen LogP) is 3.53. The Labute approximate surface area is 114 Å². The molecule has 1 N–H and O–H groups in total. The number of hydrazone groups is 1. The maximum Gasteiger partial charge on any atom is 0.0576 e. The van der Waals surface area contributed by atoms with Crippen LogP contribution in [0.1, 0.15) is 25.3 Å². The van der Waals surface area contributed by atoms with Crippen LogP contribution in [0, 0.1) is 6.92 Å². The van der Waals surface area contributed by atoms with E-state index in [9.17, 15) is 0 Å². The highest BCUT2D eigenvalue weighted by molar-refractivity contribution is 6.31. The molecule has 2 rings (SSSR count). The Morgan fingerprint density at radius 1 is 1.33 bits per heavy atom. The van der Waals surface area contributed by atoms with Gasteiger partial charge in [-0.05, 0) is 31.2 Å². The fourth-order valence-electron chi connectivity index (χ4n) is 2.05. The van der Waals surface area contributed by atoms with Crippen molar-refractivity contribution in [3.8, 4) is 0 Å². The van der Waals surface area contributed by atoms with Crippen LogP contribution in [0.3, 0.4) is 0 Å². The van der Waals surface area contributed by atoms with Gasteiger partial charge in [0.1, 0.15) is 0 Å². The van der Waals surface area contributed by atoms with Gasteiger partial charge in [0.2, 0.25) is 0 Å². The van der Waals surface area contributed by atoms with Gasteiger partial charge in [-0.25, -0.2) is 0 Å². The van der Waals surface area contributed by atoms with Crippen LogP contribution in [0.5, 0.6) is 0 Å². The van der Waals surface area contributed by atoms with Crippen molar-refractivity contribution >= 4 is 23.0 Å². The Morgan fingerprint density at radius 3 is 2.67 bits per heavy atom. The fourth-order valence-corrected chi connectivity index (χ4v) is 2.23. The van der Waals surface area contributed by atoms with E-state index in [0.29, 0.717) is 0 Å². The first-order valence-electron chi connectivity index (χ1n) is 6.49. The highest BCUT2D eigenvalue weighted by Gasteiger charge is 2.12. The topological polar surface area (TPSA) is 27.6 Å². The second-order valence-electron chi connectivity index (χ2n) is 4.69. The molecule has 0 unspecified atom stereocenters. The SMILES string of the molecule is CCN1CCC(=NNc2ccc(C)c(Cl)c2)CC1. The number of anilines is 1. The molecule has 0 saturated carbocycles. The highest BCUT2D eigenvalue weighted by Crippen LogP contribution is 2.20. The zero-order valence-corrected chi connectivity index (χ0v) is 11.8. The van der Waals surface area contributed by atoms with Crippen molar-refractivity contribution in [2.75, 3.05) is 25.1 Å². The van der Waals surface area contributed by atoms with Crippen molar-refractivity contribution in [2.45, 2.75) is 26.7 Å². The lowest BCUT2D eigenvalue weighted by Crippen LogP contribution is -2.33. The Balaban J connectivity index is 1.92. The molecule has 98 valence electrons. The van der Waals surface area contributed by atoms with Gasteiger partial charge in [-0.15, -0.1) is 0 Å². The lowest BCUT2D eigenvalue weighted by molar-refractivity contribution is 0.289. The number of halogens is 1. The second kappa shape index (κ2) is 6.21. The first-order valence-corrected chi connectivity index (χ1v) is 6.87. The summed E-state index contributed by atoms with van der Waals surface area (Å²) in [5.74, 6) is 0. The van der Waals surface area contributed by atoms with Crippen molar-refractivity contribution in [3.63, 3.8) is 0 Å². The van der Waals surface area contributed by atoms with Crippen molar-refractivity contribution in [2.24, 2.45) is 5.10 Å². The molecule has 1 aromatic rings. The summed E-state index contributed by atoms with van der Waals surface area (Å²) in [6.07, 6.45) is 2.11. The third-order valence-corrected chi connectivity index (χ3v) is 3.80. The Bertz CT molecular complexity index is 433. The summed E-state index contributed by atoms with van der Waals surface area (Å²) in [6, 6.07) is 5.93. The van der Waals surface area contributed by atoms with E-state index in [4.69, 9.17) is 11.6 Å². The smallest absolute Gasteiger partial charge is 0.0576 e. The van der Waals surface area contributed by atoms with E-state index in [1.54, 1.807) is 0 Å². The monoisotopic (exact) mass is 265 g/mol. The first kappa shape index (κ1) is 13.4. The average molecular weight is 266 g/mol. The molecule has 4 heteroatoms. The first-order chi connectivity index (χ1) is 8.69. The van der Waals surface area contributed by atoms with Crippen LogP contribution in [0.2, 0.25) is 5.02 Å². The molecule has 3 nitrogen and oxygen atoms in total. The molecule has 0 radical (unpaired) electrons. The van der Waals surface area contributed by atoms with E-state index in [2.05, 4.69) is 22.4 Å². The number of hydrogen-bond acceptors (Lipinski definition) is 3. The van der Waals surface area contributed by atoms with Crippen LogP contribution < -0.4 is 5.43 Å². The van der Waals surface area contributed by atoms with E-state index in [0.717, 1.165) is 48.7 Å². The van der Waals surface area contributed by atoms with Crippen molar-refractivity contribution < 1.29 is 0 Å². The van der Waals surface area contributed by atoms with Gasteiger partial charge in [-0.1, -0.05) is 24.6 Å². The van der Waals surface area contributed by atoms with Crippen molar-refractivity contribution in [1.29, 1.82) is 0 Å². The molecule has 0 atom stereocenters. The quantitative estimate of drug-likeness (QED) is 0.847. The molecular formula is C14H20ClN3. The summed E-state index contributed by atoms with van der Waals surface area (Å²) in [6.45, 7) is 7.57. The molecule has 0 amide bonds. The molecule has 1 heterocycles. The van der Waals surface area contributed by atoms with Gasteiger partial charge in [0.05, 0.1) is 5.69 Å². The number of piperidine rings is 1. The number of benzene rings is 1. The van der Waals surface area contributed by atoms with E-state index in [-0.39, 0.29) is 0 Å². The average Bonchev–Trinajstić information content (AvgIpc) is 2.41. The number of likely N-dealkylation sites (tertiary alicyclic amines) is 1. The summed E-state index contributed by atoms with van der Waals surface area (Å²) in [7, 11) is 0. The maximum absolute atomic E-state index is 6.08. The molecule has 1 aliphatic heterocycles. The Kier molecular flexibility index (Phi) is 4.61. The van der Waals surface area contributed by atoms with Gasteiger partial charge in [0, 0.05) is 36.7 Å². The minimum Gasteiger partial charge on any atom is -0.303 e. The lowest BCUT2D eigenvalue weighted by atomic mass is 10.1. The maximum atomic E-state index is 6.08. The third-order valence-electron chi connectivity index (χ3n) is 3.40. The van der Waals surface area contributed by atoms with Gasteiger partial charge in [-0.2, -0.15) is 5.10 Å². The summed E-state index contributed by atoms with van der Waals surface area (Å²) < 4.78 is 0. The van der Waals surface area contributed by atoms with Crippen LogP contribution in [0.15, 0.2) is 23.3 Å². The molecule has 18 heavy (non-hydrogen) atoms. The normalized spacial score (nSPS) is 16.7. The van der Waals surface area contributed by atoms with E-state index in [1.165, 1.54) is 5.71 Å². The number of hydrogen-bond donors (Lipinski definition) is 1. The highest BCUT2D eigenvalue weighted by atomic mass is 35.5. The van der Waals surface area contributed by atoms with Crippen molar-refractivity contribution in [1.82, 2.24) is 4.90 Å². The summed E-state index contributed by atoms with van der Waals surface area (Å²) in [4.78, 5) is 2.45. The minimum absolute atomic E-state index is 0.779. The predicted molar refractivity (Wildman–Crippen MR) is 78.6 cm³/mol. The van der Waals surface area contributed by atoms with Gasteiger partial charge in [0.25, 0.3) is 0 Å². The molecule has 1 aliphatic rings. The van der Waals surface area contributed by atoms with E-state index >= 15 is 0 Å².